The molecule has 0 radical (unpaired) electrons. The van der Waals surface area contributed by atoms with Gasteiger partial charge in [0.1, 0.15) is 0 Å². The Hall–Kier alpha value is -1.95. The molecule has 1 unspecified atom stereocenters. The van der Waals surface area contributed by atoms with Gasteiger partial charge in [-0.3, -0.25) is 14.9 Å². The Labute approximate surface area is 124 Å². The summed E-state index contributed by atoms with van der Waals surface area (Å²) in [6, 6.07) is 5.00. The van der Waals surface area contributed by atoms with Crippen molar-refractivity contribution < 1.29 is 9.72 Å². The van der Waals surface area contributed by atoms with Gasteiger partial charge in [-0.25, -0.2) is 0 Å². The molecule has 1 fully saturated rings. The number of nitro benzene ring substituents is 1. The molecule has 0 aromatic heterocycles. The Morgan fingerprint density at radius 2 is 2.14 bits per heavy atom. The molecule has 1 aromatic rings. The average molecular weight is 291 g/mol. The van der Waals surface area contributed by atoms with E-state index < -0.39 is 4.92 Å². The second-order valence-corrected chi connectivity index (χ2v) is 5.72. The lowest BCUT2D eigenvalue weighted by atomic mass is 10.0. The molecule has 0 aliphatic carbocycles. The van der Waals surface area contributed by atoms with Crippen LogP contribution in [0.5, 0.6) is 0 Å². The molecule has 0 amide bonds. The topological polar surface area (TPSA) is 66.7 Å². The number of carbonyl (C=O) groups is 1. The van der Waals surface area contributed by atoms with E-state index in [2.05, 4.69) is 23.9 Å². The zero-order valence-electron chi connectivity index (χ0n) is 12.7. The fourth-order valence-electron chi connectivity index (χ4n) is 2.79. The van der Waals surface area contributed by atoms with Crippen molar-refractivity contribution in [3.8, 4) is 0 Å². The van der Waals surface area contributed by atoms with Gasteiger partial charge in [-0.1, -0.05) is 0 Å². The first kappa shape index (κ1) is 15.4. The molecule has 1 aliphatic rings. The lowest BCUT2D eigenvalue weighted by molar-refractivity contribution is -0.384. The van der Waals surface area contributed by atoms with E-state index >= 15 is 0 Å². The van der Waals surface area contributed by atoms with Crippen molar-refractivity contribution in [3.05, 3.63) is 33.9 Å². The van der Waals surface area contributed by atoms with Crippen LogP contribution < -0.4 is 4.90 Å². The first-order valence-electron chi connectivity index (χ1n) is 7.11. The summed E-state index contributed by atoms with van der Waals surface area (Å²) in [7, 11) is 4.10. The first-order valence-corrected chi connectivity index (χ1v) is 7.11. The van der Waals surface area contributed by atoms with Crippen LogP contribution >= 0.6 is 0 Å². The van der Waals surface area contributed by atoms with E-state index in [4.69, 9.17) is 0 Å². The number of hydrogen-bond donors (Lipinski definition) is 0. The Morgan fingerprint density at radius 1 is 1.43 bits per heavy atom. The Balaban J connectivity index is 2.34. The molecule has 21 heavy (non-hydrogen) atoms. The van der Waals surface area contributed by atoms with E-state index in [1.54, 1.807) is 6.07 Å². The predicted molar refractivity (Wildman–Crippen MR) is 82.0 cm³/mol. The molecule has 0 N–H and O–H groups in total. The zero-order valence-corrected chi connectivity index (χ0v) is 12.7. The molecular formula is C15H21N3O3. The summed E-state index contributed by atoms with van der Waals surface area (Å²) in [5, 5.41) is 10.9. The van der Waals surface area contributed by atoms with Gasteiger partial charge in [0.25, 0.3) is 5.69 Å². The molecule has 1 aliphatic heterocycles. The molecule has 1 atom stereocenters. The normalized spacial score (nSPS) is 18.9. The van der Waals surface area contributed by atoms with E-state index in [-0.39, 0.29) is 11.5 Å². The van der Waals surface area contributed by atoms with E-state index in [0.29, 0.717) is 11.6 Å². The molecule has 0 bridgehead atoms. The summed E-state index contributed by atoms with van der Waals surface area (Å²) in [6.45, 7) is 3.17. The van der Waals surface area contributed by atoms with Gasteiger partial charge in [0.05, 0.1) is 4.92 Å². The molecule has 1 aromatic carbocycles. The number of rotatable bonds is 4. The molecule has 1 heterocycles. The Morgan fingerprint density at radius 3 is 2.71 bits per heavy atom. The summed E-state index contributed by atoms with van der Waals surface area (Å²) in [5.74, 6) is -0.138. The van der Waals surface area contributed by atoms with Gasteiger partial charge >= 0.3 is 0 Å². The Kier molecular flexibility index (Phi) is 4.57. The number of non-ortho nitro benzene ring substituents is 1. The van der Waals surface area contributed by atoms with Crippen molar-refractivity contribution in [3.63, 3.8) is 0 Å². The number of nitro groups is 1. The van der Waals surface area contributed by atoms with Gasteiger partial charge in [0.15, 0.2) is 5.78 Å². The van der Waals surface area contributed by atoms with Gasteiger partial charge in [-0.05, 0) is 39.9 Å². The maximum atomic E-state index is 11.8. The van der Waals surface area contributed by atoms with E-state index in [1.165, 1.54) is 19.1 Å². The highest BCUT2D eigenvalue weighted by Crippen LogP contribution is 2.29. The SMILES string of the molecule is CC(=O)c1cc([N+](=O)[O-])ccc1N1CCCC(N(C)C)C1. The zero-order chi connectivity index (χ0) is 15.6. The van der Waals surface area contributed by atoms with Crippen LogP contribution in [0.3, 0.4) is 0 Å². The molecule has 114 valence electrons. The highest BCUT2D eigenvalue weighted by Gasteiger charge is 2.25. The summed E-state index contributed by atoms with van der Waals surface area (Å²) in [4.78, 5) is 26.6. The number of hydrogen-bond acceptors (Lipinski definition) is 5. The standard InChI is InChI=1S/C15H21N3O3/c1-11(19)14-9-12(18(20)21)6-7-15(14)17-8-4-5-13(10-17)16(2)3/h6-7,9,13H,4-5,8,10H2,1-3H3. The number of nitrogens with zero attached hydrogens (tertiary/aromatic N) is 3. The number of likely N-dealkylation sites (N-methyl/N-ethyl adjacent to an activating group) is 1. The summed E-state index contributed by atoms with van der Waals surface area (Å²) >= 11 is 0. The maximum absolute atomic E-state index is 11.8. The van der Waals surface area contributed by atoms with Crippen molar-refractivity contribution in [2.75, 3.05) is 32.1 Å². The quantitative estimate of drug-likeness (QED) is 0.484. The van der Waals surface area contributed by atoms with Crippen molar-refractivity contribution in [2.24, 2.45) is 0 Å². The van der Waals surface area contributed by atoms with Crippen molar-refractivity contribution in [2.45, 2.75) is 25.8 Å². The maximum Gasteiger partial charge on any atom is 0.270 e. The monoisotopic (exact) mass is 291 g/mol. The molecular weight excluding hydrogens is 270 g/mol. The van der Waals surface area contributed by atoms with Crippen molar-refractivity contribution >= 4 is 17.2 Å². The number of ketones is 1. The second kappa shape index (κ2) is 6.22. The Bertz CT molecular complexity index is 557. The number of Topliss-reactive ketones (excluding diaryl/α,β-unsaturated/α-hetero) is 1. The summed E-state index contributed by atoms with van der Waals surface area (Å²) in [5.41, 5.74) is 1.20. The first-order chi connectivity index (χ1) is 9.90. The summed E-state index contributed by atoms with van der Waals surface area (Å²) < 4.78 is 0. The van der Waals surface area contributed by atoms with Crippen LogP contribution in [0, 0.1) is 10.1 Å². The average Bonchev–Trinajstić information content (AvgIpc) is 2.46. The minimum absolute atomic E-state index is 0.0369. The predicted octanol–water partition coefficient (Wildman–Crippen LogP) is 2.33. The third-order valence-electron chi connectivity index (χ3n) is 4.04. The van der Waals surface area contributed by atoms with Crippen LogP contribution in [0.1, 0.15) is 30.1 Å². The third-order valence-corrected chi connectivity index (χ3v) is 4.04. The van der Waals surface area contributed by atoms with Crippen LogP contribution in [0.4, 0.5) is 11.4 Å². The molecule has 0 saturated carbocycles. The highest BCUT2D eigenvalue weighted by atomic mass is 16.6. The lowest BCUT2D eigenvalue weighted by Crippen LogP contribution is -2.45. The van der Waals surface area contributed by atoms with E-state index in [9.17, 15) is 14.9 Å². The molecule has 6 heteroatoms. The van der Waals surface area contributed by atoms with Gasteiger partial charge in [-0.15, -0.1) is 0 Å². The number of benzene rings is 1. The minimum Gasteiger partial charge on any atom is -0.369 e. The number of piperidine rings is 1. The molecule has 6 nitrogen and oxygen atoms in total. The summed E-state index contributed by atoms with van der Waals surface area (Å²) in [6.07, 6.45) is 2.18. The third kappa shape index (κ3) is 3.39. The largest absolute Gasteiger partial charge is 0.369 e. The number of carbonyl (C=O) groups excluding carboxylic acids is 1. The van der Waals surface area contributed by atoms with Crippen LogP contribution in [-0.2, 0) is 0 Å². The van der Waals surface area contributed by atoms with Crippen LogP contribution in [0.2, 0.25) is 0 Å². The van der Waals surface area contributed by atoms with Gasteiger partial charge < -0.3 is 9.80 Å². The van der Waals surface area contributed by atoms with Crippen LogP contribution in [0.25, 0.3) is 0 Å². The lowest BCUT2D eigenvalue weighted by Gasteiger charge is -2.38. The minimum atomic E-state index is -0.463. The van der Waals surface area contributed by atoms with Crippen molar-refractivity contribution in [1.29, 1.82) is 0 Å². The van der Waals surface area contributed by atoms with Crippen LogP contribution in [-0.4, -0.2) is 48.8 Å². The van der Waals surface area contributed by atoms with Crippen LogP contribution in [0.15, 0.2) is 18.2 Å². The highest BCUT2D eigenvalue weighted by molar-refractivity contribution is 6.00. The van der Waals surface area contributed by atoms with Gasteiger partial charge in [0, 0.05) is 42.5 Å². The van der Waals surface area contributed by atoms with E-state index in [1.807, 2.05) is 0 Å². The molecule has 0 spiro atoms. The van der Waals surface area contributed by atoms with E-state index in [0.717, 1.165) is 31.6 Å². The molecule has 1 saturated heterocycles. The number of anilines is 1. The molecule has 2 rings (SSSR count). The fraction of sp³-hybridized carbons (Fsp3) is 0.533. The second-order valence-electron chi connectivity index (χ2n) is 5.72. The smallest absolute Gasteiger partial charge is 0.270 e. The van der Waals surface area contributed by atoms with Crippen molar-refractivity contribution in [1.82, 2.24) is 4.90 Å². The fourth-order valence-corrected chi connectivity index (χ4v) is 2.79. The van der Waals surface area contributed by atoms with Gasteiger partial charge in [-0.2, -0.15) is 0 Å². The van der Waals surface area contributed by atoms with Gasteiger partial charge in [0.2, 0.25) is 0 Å².